The van der Waals surface area contributed by atoms with Crippen molar-refractivity contribution in [3.05, 3.63) is 46.5 Å². The van der Waals surface area contributed by atoms with Crippen LogP contribution in [0.15, 0.2) is 24.4 Å². The lowest BCUT2D eigenvalue weighted by atomic mass is 10.2. The number of amides is 1. The Labute approximate surface area is 128 Å². The summed E-state index contributed by atoms with van der Waals surface area (Å²) in [4.78, 5) is 20.7. The lowest BCUT2D eigenvalue weighted by Gasteiger charge is -2.11. The number of nitrogen functional groups attached to an aromatic ring is 1. The van der Waals surface area contributed by atoms with E-state index in [-0.39, 0.29) is 17.3 Å². The second kappa shape index (κ2) is 6.10. The number of halogens is 1. The van der Waals surface area contributed by atoms with Crippen molar-refractivity contribution in [2.24, 2.45) is 0 Å². The molecule has 21 heavy (non-hydrogen) atoms. The number of nitrogens with zero attached hydrogens (tertiary/aromatic N) is 2. The number of aryl methyl sites for hydroxylation is 1. The summed E-state index contributed by atoms with van der Waals surface area (Å²) in [5.41, 5.74) is 7.72. The number of benzene rings is 1. The van der Waals surface area contributed by atoms with Gasteiger partial charge >= 0.3 is 0 Å². The summed E-state index contributed by atoms with van der Waals surface area (Å²) in [6, 6.07) is 5.39. The summed E-state index contributed by atoms with van der Waals surface area (Å²) in [7, 11) is 0. The van der Waals surface area contributed by atoms with Gasteiger partial charge in [0.2, 0.25) is 0 Å². The first-order valence-electron chi connectivity index (χ1n) is 6.58. The highest BCUT2D eigenvalue weighted by Gasteiger charge is 2.16. The minimum Gasteiger partial charge on any atom is -0.396 e. The van der Waals surface area contributed by atoms with Crippen LogP contribution < -0.4 is 11.1 Å². The van der Waals surface area contributed by atoms with Gasteiger partial charge in [-0.15, -0.1) is 0 Å². The SMILES string of the molecule is Cc1ccc(Cl)c(NC(=O)c2nc(C(C)C)ncc2N)c1. The second-order valence-corrected chi connectivity index (χ2v) is 5.53. The van der Waals surface area contributed by atoms with E-state index in [9.17, 15) is 4.79 Å². The Kier molecular flexibility index (Phi) is 4.43. The average Bonchev–Trinajstić information content (AvgIpc) is 2.43. The molecule has 0 atom stereocenters. The topological polar surface area (TPSA) is 80.9 Å². The van der Waals surface area contributed by atoms with Crippen LogP contribution >= 0.6 is 11.6 Å². The number of aromatic nitrogens is 2. The molecule has 2 aromatic rings. The fourth-order valence-corrected chi connectivity index (χ4v) is 1.95. The van der Waals surface area contributed by atoms with Crippen LogP contribution in [0.4, 0.5) is 11.4 Å². The third-order valence-corrected chi connectivity index (χ3v) is 3.27. The number of carbonyl (C=O) groups excluding carboxylic acids is 1. The van der Waals surface area contributed by atoms with Crippen molar-refractivity contribution in [1.82, 2.24) is 9.97 Å². The van der Waals surface area contributed by atoms with Gasteiger partial charge in [-0.25, -0.2) is 9.97 Å². The number of hydrogen-bond donors (Lipinski definition) is 2. The van der Waals surface area contributed by atoms with E-state index >= 15 is 0 Å². The molecule has 0 aliphatic heterocycles. The van der Waals surface area contributed by atoms with Gasteiger partial charge in [-0.3, -0.25) is 4.79 Å². The zero-order valence-corrected chi connectivity index (χ0v) is 12.9. The van der Waals surface area contributed by atoms with E-state index in [2.05, 4.69) is 15.3 Å². The van der Waals surface area contributed by atoms with Gasteiger partial charge in [-0.05, 0) is 24.6 Å². The number of hydrogen-bond acceptors (Lipinski definition) is 4. The van der Waals surface area contributed by atoms with Crippen LogP contribution in [0.2, 0.25) is 5.02 Å². The van der Waals surface area contributed by atoms with Crippen molar-refractivity contribution in [2.75, 3.05) is 11.1 Å². The lowest BCUT2D eigenvalue weighted by molar-refractivity contribution is 0.102. The van der Waals surface area contributed by atoms with Gasteiger partial charge in [0.1, 0.15) is 5.82 Å². The number of rotatable bonds is 3. The average molecular weight is 305 g/mol. The van der Waals surface area contributed by atoms with Gasteiger partial charge in [-0.1, -0.05) is 31.5 Å². The van der Waals surface area contributed by atoms with Gasteiger partial charge in [0.15, 0.2) is 5.69 Å². The summed E-state index contributed by atoms with van der Waals surface area (Å²) in [6.07, 6.45) is 1.45. The maximum atomic E-state index is 12.3. The smallest absolute Gasteiger partial charge is 0.276 e. The molecule has 1 aromatic carbocycles. The molecule has 0 bridgehead atoms. The van der Waals surface area contributed by atoms with Crippen LogP contribution in [0, 0.1) is 6.92 Å². The molecule has 1 heterocycles. The van der Waals surface area contributed by atoms with Crippen molar-refractivity contribution in [3.63, 3.8) is 0 Å². The van der Waals surface area contributed by atoms with E-state index in [0.29, 0.717) is 16.5 Å². The van der Waals surface area contributed by atoms with Crippen LogP contribution in [-0.4, -0.2) is 15.9 Å². The van der Waals surface area contributed by atoms with Crippen molar-refractivity contribution in [2.45, 2.75) is 26.7 Å². The third kappa shape index (κ3) is 3.49. The maximum absolute atomic E-state index is 12.3. The highest BCUT2D eigenvalue weighted by atomic mass is 35.5. The summed E-state index contributed by atoms with van der Waals surface area (Å²) in [5.74, 6) is 0.286. The molecule has 0 saturated carbocycles. The molecular weight excluding hydrogens is 288 g/mol. The van der Waals surface area contributed by atoms with Crippen molar-refractivity contribution < 1.29 is 4.79 Å². The van der Waals surface area contributed by atoms with E-state index in [0.717, 1.165) is 5.56 Å². The van der Waals surface area contributed by atoms with Gasteiger partial charge in [-0.2, -0.15) is 0 Å². The Morgan fingerprint density at radius 3 is 2.76 bits per heavy atom. The molecule has 0 saturated heterocycles. The predicted molar refractivity (Wildman–Crippen MR) is 84.7 cm³/mol. The molecule has 6 heteroatoms. The zero-order chi connectivity index (χ0) is 15.6. The van der Waals surface area contributed by atoms with E-state index in [4.69, 9.17) is 17.3 Å². The van der Waals surface area contributed by atoms with E-state index in [1.807, 2.05) is 26.8 Å². The van der Waals surface area contributed by atoms with Crippen LogP contribution in [0.25, 0.3) is 0 Å². The lowest BCUT2D eigenvalue weighted by Crippen LogP contribution is -2.18. The molecule has 0 radical (unpaired) electrons. The highest BCUT2D eigenvalue weighted by molar-refractivity contribution is 6.34. The van der Waals surface area contributed by atoms with E-state index < -0.39 is 5.91 Å². The molecule has 2 rings (SSSR count). The van der Waals surface area contributed by atoms with E-state index in [1.165, 1.54) is 6.20 Å². The normalized spacial score (nSPS) is 10.7. The molecule has 5 nitrogen and oxygen atoms in total. The van der Waals surface area contributed by atoms with Gasteiger partial charge in [0.05, 0.1) is 22.6 Å². The van der Waals surface area contributed by atoms with Crippen LogP contribution in [0.1, 0.15) is 41.6 Å². The fraction of sp³-hybridized carbons (Fsp3) is 0.267. The first-order chi connectivity index (χ1) is 9.88. The number of carbonyl (C=O) groups is 1. The standard InChI is InChI=1S/C15H17ClN4O/c1-8(2)14-18-7-11(17)13(20-14)15(21)19-12-6-9(3)4-5-10(12)16/h4-8H,17H2,1-3H3,(H,19,21). The molecule has 3 N–H and O–H groups in total. The summed E-state index contributed by atoms with van der Waals surface area (Å²) in [5, 5.41) is 3.20. The molecule has 110 valence electrons. The number of anilines is 2. The minimum absolute atomic E-state index is 0.111. The summed E-state index contributed by atoms with van der Waals surface area (Å²) < 4.78 is 0. The van der Waals surface area contributed by atoms with Crippen molar-refractivity contribution in [3.8, 4) is 0 Å². The molecular formula is C15H17ClN4O. The molecule has 1 amide bonds. The minimum atomic E-state index is -0.399. The van der Waals surface area contributed by atoms with Crippen molar-refractivity contribution in [1.29, 1.82) is 0 Å². The zero-order valence-electron chi connectivity index (χ0n) is 12.1. The molecule has 0 unspecified atom stereocenters. The molecule has 1 aromatic heterocycles. The first-order valence-corrected chi connectivity index (χ1v) is 6.96. The van der Waals surface area contributed by atoms with Crippen molar-refractivity contribution >= 4 is 28.9 Å². The Morgan fingerprint density at radius 2 is 2.10 bits per heavy atom. The Hall–Kier alpha value is -2.14. The summed E-state index contributed by atoms with van der Waals surface area (Å²) in [6.45, 7) is 5.82. The summed E-state index contributed by atoms with van der Waals surface area (Å²) >= 11 is 6.07. The Bertz CT molecular complexity index is 685. The quantitative estimate of drug-likeness (QED) is 0.910. The largest absolute Gasteiger partial charge is 0.396 e. The Balaban J connectivity index is 2.32. The molecule has 0 aliphatic rings. The van der Waals surface area contributed by atoms with Gasteiger partial charge in [0, 0.05) is 5.92 Å². The number of nitrogens with two attached hydrogens (primary N) is 1. The van der Waals surface area contributed by atoms with E-state index in [1.54, 1.807) is 12.1 Å². The van der Waals surface area contributed by atoms with Gasteiger partial charge in [0.25, 0.3) is 5.91 Å². The fourth-order valence-electron chi connectivity index (χ4n) is 1.78. The second-order valence-electron chi connectivity index (χ2n) is 5.12. The molecule has 0 fully saturated rings. The number of nitrogens with one attached hydrogen (secondary N) is 1. The first kappa shape index (κ1) is 15.3. The molecule has 0 aliphatic carbocycles. The highest BCUT2D eigenvalue weighted by Crippen LogP contribution is 2.24. The van der Waals surface area contributed by atoms with Gasteiger partial charge < -0.3 is 11.1 Å². The maximum Gasteiger partial charge on any atom is 0.276 e. The molecule has 0 spiro atoms. The third-order valence-electron chi connectivity index (χ3n) is 2.94. The van der Waals surface area contributed by atoms with Crippen LogP contribution in [0.5, 0.6) is 0 Å². The Morgan fingerprint density at radius 1 is 1.38 bits per heavy atom. The van der Waals surface area contributed by atoms with Crippen LogP contribution in [-0.2, 0) is 0 Å². The predicted octanol–water partition coefficient (Wildman–Crippen LogP) is 3.40. The van der Waals surface area contributed by atoms with Crippen LogP contribution in [0.3, 0.4) is 0 Å². The monoisotopic (exact) mass is 304 g/mol.